The van der Waals surface area contributed by atoms with Crippen molar-refractivity contribution in [1.29, 1.82) is 0 Å². The highest BCUT2D eigenvalue weighted by Crippen LogP contribution is 2.55. The standard InChI is InChI=1S/C20H17BrN2O3/c1-22-18-12(6-4-7-13(18)21)20(19(22)25)17-14(8-5-9-15(17)24)23-11-3-2-10-16(23)26-20/h2-4,6-7,10-11,16H,5,8-9H2,1H3/t16-,20+/m0/s1. The number of likely N-dealkylation sites (N-methyl/N-ethyl adjacent to an activating group) is 1. The third kappa shape index (κ3) is 1.83. The number of carbonyl (C=O) groups excluding carboxylic acids is 2. The number of halogens is 1. The van der Waals surface area contributed by atoms with Crippen LogP contribution >= 0.6 is 15.9 Å². The SMILES string of the molecule is CN1C(=O)[C@@]2(O[C@H]3C=CC=CN3C3=C2C(=O)CCC3)c2cccc(Br)c21. The summed E-state index contributed by atoms with van der Waals surface area (Å²) in [7, 11) is 1.74. The van der Waals surface area contributed by atoms with Gasteiger partial charge in [-0.3, -0.25) is 9.59 Å². The number of hydrogen-bond acceptors (Lipinski definition) is 4. The first kappa shape index (κ1) is 16.0. The Morgan fingerprint density at radius 3 is 2.92 bits per heavy atom. The molecule has 0 saturated heterocycles. The summed E-state index contributed by atoms with van der Waals surface area (Å²) in [5.74, 6) is -0.202. The van der Waals surface area contributed by atoms with Gasteiger partial charge in [-0.1, -0.05) is 18.2 Å². The van der Waals surface area contributed by atoms with E-state index in [1.54, 1.807) is 11.9 Å². The van der Waals surface area contributed by atoms with Crippen molar-refractivity contribution in [3.05, 3.63) is 63.9 Å². The van der Waals surface area contributed by atoms with Crippen LogP contribution in [0.2, 0.25) is 0 Å². The molecule has 4 aliphatic rings. The van der Waals surface area contributed by atoms with Gasteiger partial charge in [-0.15, -0.1) is 0 Å². The highest BCUT2D eigenvalue weighted by Gasteiger charge is 2.61. The summed E-state index contributed by atoms with van der Waals surface area (Å²) in [4.78, 5) is 30.1. The number of fused-ring (bicyclic) bond motifs is 5. The van der Waals surface area contributed by atoms with Crippen LogP contribution in [0.25, 0.3) is 0 Å². The number of ether oxygens (including phenoxy) is 1. The van der Waals surface area contributed by atoms with Gasteiger partial charge in [0.1, 0.15) is 0 Å². The fourth-order valence-electron chi connectivity index (χ4n) is 4.49. The van der Waals surface area contributed by atoms with Gasteiger partial charge in [0.2, 0.25) is 5.60 Å². The van der Waals surface area contributed by atoms with Crippen LogP contribution in [0.4, 0.5) is 5.69 Å². The molecule has 0 N–H and O–H groups in total. The van der Waals surface area contributed by atoms with Crippen molar-refractivity contribution in [1.82, 2.24) is 4.90 Å². The van der Waals surface area contributed by atoms with Crippen molar-refractivity contribution in [3.63, 3.8) is 0 Å². The molecule has 0 bridgehead atoms. The predicted octanol–water partition coefficient (Wildman–Crippen LogP) is 3.37. The van der Waals surface area contributed by atoms with E-state index in [1.807, 2.05) is 47.5 Å². The molecule has 6 heteroatoms. The molecule has 0 unspecified atom stereocenters. The largest absolute Gasteiger partial charge is 0.328 e. The number of allylic oxidation sites excluding steroid dienone is 3. The molecule has 26 heavy (non-hydrogen) atoms. The Morgan fingerprint density at radius 2 is 2.08 bits per heavy atom. The molecule has 1 amide bonds. The van der Waals surface area contributed by atoms with Crippen LogP contribution in [0, 0.1) is 0 Å². The summed E-state index contributed by atoms with van der Waals surface area (Å²) in [6.45, 7) is 0. The van der Waals surface area contributed by atoms with Crippen LogP contribution in [0.5, 0.6) is 0 Å². The van der Waals surface area contributed by atoms with E-state index in [0.717, 1.165) is 34.3 Å². The first-order chi connectivity index (χ1) is 12.6. The number of ketones is 1. The van der Waals surface area contributed by atoms with Crippen molar-refractivity contribution in [3.8, 4) is 0 Å². The number of amides is 1. The van der Waals surface area contributed by atoms with E-state index in [2.05, 4.69) is 15.9 Å². The predicted molar refractivity (Wildman–Crippen MR) is 100 cm³/mol. The highest BCUT2D eigenvalue weighted by molar-refractivity contribution is 9.10. The number of hydrogen-bond donors (Lipinski definition) is 0. The Kier molecular flexibility index (Phi) is 3.33. The van der Waals surface area contributed by atoms with Crippen LogP contribution in [0.1, 0.15) is 24.8 Å². The van der Waals surface area contributed by atoms with Gasteiger partial charge in [0.25, 0.3) is 5.91 Å². The Labute approximate surface area is 159 Å². The van der Waals surface area contributed by atoms with E-state index >= 15 is 0 Å². The molecule has 3 aliphatic heterocycles. The first-order valence-corrected chi connectivity index (χ1v) is 9.50. The lowest BCUT2D eigenvalue weighted by atomic mass is 9.77. The van der Waals surface area contributed by atoms with Gasteiger partial charge in [0, 0.05) is 35.4 Å². The van der Waals surface area contributed by atoms with Crippen LogP contribution in [0.15, 0.2) is 58.4 Å². The summed E-state index contributed by atoms with van der Waals surface area (Å²) in [6, 6.07) is 5.68. The Bertz CT molecular complexity index is 948. The minimum absolute atomic E-state index is 0.00206. The summed E-state index contributed by atoms with van der Waals surface area (Å²) < 4.78 is 7.26. The van der Waals surface area contributed by atoms with Crippen LogP contribution in [-0.4, -0.2) is 29.9 Å². The zero-order valence-electron chi connectivity index (χ0n) is 14.2. The lowest BCUT2D eigenvalue weighted by Crippen LogP contribution is -2.55. The molecule has 1 aromatic carbocycles. The maximum atomic E-state index is 13.5. The van der Waals surface area contributed by atoms with E-state index < -0.39 is 11.8 Å². The van der Waals surface area contributed by atoms with Gasteiger partial charge < -0.3 is 14.5 Å². The van der Waals surface area contributed by atoms with E-state index in [-0.39, 0.29) is 11.7 Å². The minimum atomic E-state index is -1.36. The van der Waals surface area contributed by atoms with Crippen LogP contribution in [0.3, 0.4) is 0 Å². The van der Waals surface area contributed by atoms with Crippen molar-refractivity contribution in [2.45, 2.75) is 31.1 Å². The van der Waals surface area contributed by atoms with Gasteiger partial charge in [-0.05, 0) is 47.0 Å². The zero-order chi connectivity index (χ0) is 18.1. The van der Waals surface area contributed by atoms with Crippen molar-refractivity contribution in [2.75, 3.05) is 11.9 Å². The molecule has 0 radical (unpaired) electrons. The minimum Gasteiger partial charge on any atom is -0.328 e. The van der Waals surface area contributed by atoms with Gasteiger partial charge in [0.05, 0.1) is 11.3 Å². The first-order valence-electron chi connectivity index (χ1n) is 8.71. The summed E-state index contributed by atoms with van der Waals surface area (Å²) >= 11 is 3.55. The lowest BCUT2D eigenvalue weighted by Gasteiger charge is -2.47. The normalized spacial score (nSPS) is 29.4. The fourth-order valence-corrected chi connectivity index (χ4v) is 5.12. The molecule has 5 nitrogen and oxygen atoms in total. The molecule has 0 saturated carbocycles. The zero-order valence-corrected chi connectivity index (χ0v) is 15.8. The van der Waals surface area contributed by atoms with Gasteiger partial charge in [-0.25, -0.2) is 0 Å². The third-order valence-corrected chi connectivity index (χ3v) is 6.20. The van der Waals surface area contributed by atoms with E-state index in [0.29, 0.717) is 12.0 Å². The van der Waals surface area contributed by atoms with E-state index in [4.69, 9.17) is 4.74 Å². The van der Waals surface area contributed by atoms with Gasteiger partial charge in [-0.2, -0.15) is 0 Å². The second-order valence-electron chi connectivity index (χ2n) is 6.92. The molecule has 3 heterocycles. The quantitative estimate of drug-likeness (QED) is 0.655. The monoisotopic (exact) mass is 412 g/mol. The number of para-hydroxylation sites is 1. The topological polar surface area (TPSA) is 49.9 Å². The second kappa shape index (κ2) is 5.41. The summed E-state index contributed by atoms with van der Waals surface area (Å²) in [6.07, 6.45) is 9.30. The molecule has 0 fully saturated rings. The van der Waals surface area contributed by atoms with E-state index in [1.165, 1.54) is 0 Å². The number of rotatable bonds is 0. The number of benzene rings is 1. The summed E-state index contributed by atoms with van der Waals surface area (Å²) in [5.41, 5.74) is 1.56. The highest BCUT2D eigenvalue weighted by atomic mass is 79.9. The van der Waals surface area contributed by atoms with Gasteiger partial charge in [0.15, 0.2) is 12.0 Å². The molecule has 2 atom stereocenters. The smallest absolute Gasteiger partial charge is 0.268 e. The van der Waals surface area contributed by atoms with Crippen molar-refractivity contribution in [2.24, 2.45) is 0 Å². The molecule has 0 aromatic heterocycles. The van der Waals surface area contributed by atoms with Crippen molar-refractivity contribution < 1.29 is 14.3 Å². The number of anilines is 1. The summed E-state index contributed by atoms with van der Waals surface area (Å²) in [5, 5.41) is 0. The number of nitrogens with zero attached hydrogens (tertiary/aromatic N) is 2. The third-order valence-electron chi connectivity index (χ3n) is 5.56. The number of Topliss-reactive ketones (excluding diaryl/α,β-unsaturated/α-hetero) is 1. The molecular weight excluding hydrogens is 396 g/mol. The number of carbonyl (C=O) groups is 2. The fraction of sp³-hybridized carbons (Fsp3) is 0.300. The maximum absolute atomic E-state index is 13.5. The Morgan fingerprint density at radius 1 is 1.23 bits per heavy atom. The molecule has 132 valence electrons. The maximum Gasteiger partial charge on any atom is 0.268 e. The molecule has 1 aliphatic carbocycles. The lowest BCUT2D eigenvalue weighted by molar-refractivity contribution is -0.160. The molecule has 1 aromatic rings. The van der Waals surface area contributed by atoms with Gasteiger partial charge >= 0.3 is 0 Å². The Hall–Kier alpha value is -2.18. The molecule has 5 rings (SSSR count). The van der Waals surface area contributed by atoms with E-state index in [9.17, 15) is 9.59 Å². The van der Waals surface area contributed by atoms with Crippen LogP contribution < -0.4 is 4.90 Å². The van der Waals surface area contributed by atoms with Crippen molar-refractivity contribution >= 4 is 33.3 Å². The average molecular weight is 413 g/mol. The van der Waals surface area contributed by atoms with Crippen LogP contribution in [-0.2, 0) is 19.9 Å². The molecular formula is C20H17BrN2O3. The second-order valence-corrected chi connectivity index (χ2v) is 7.78. The molecule has 1 spiro atoms. The average Bonchev–Trinajstić information content (AvgIpc) is 2.85. The Balaban J connectivity index is 1.85.